The van der Waals surface area contributed by atoms with Gasteiger partial charge in [0.2, 0.25) is 0 Å². The maximum atomic E-state index is 9.72. The van der Waals surface area contributed by atoms with Crippen molar-refractivity contribution in [3.8, 4) is 0 Å². The van der Waals surface area contributed by atoms with E-state index in [2.05, 4.69) is 38.0 Å². The summed E-state index contributed by atoms with van der Waals surface area (Å²) in [6.07, 6.45) is 2.03. The van der Waals surface area contributed by atoms with E-state index in [1.54, 1.807) is 0 Å². The van der Waals surface area contributed by atoms with Crippen molar-refractivity contribution in [3.63, 3.8) is 0 Å². The first-order valence-corrected chi connectivity index (χ1v) is 9.33. The third-order valence-corrected chi connectivity index (χ3v) is 4.50. The van der Waals surface area contributed by atoms with E-state index in [0.717, 1.165) is 35.1 Å². The summed E-state index contributed by atoms with van der Waals surface area (Å²) in [6, 6.07) is 16.1. The summed E-state index contributed by atoms with van der Waals surface area (Å²) in [5.41, 5.74) is 4.11. The standard InChI is InChI=1S/C21H27N5O/c1-3-22-21(23-12-18(15-27)17-9-5-4-6-10-17)24-13-19-14-26-16(2)8-7-11-20(26)25-19/h4-11,14,18,27H,3,12-13,15H2,1-2H3,(H2,22,23,24). The number of rotatable bonds is 7. The number of hydrogen-bond donors (Lipinski definition) is 3. The normalized spacial score (nSPS) is 12.9. The molecular formula is C21H27N5O. The number of hydrogen-bond acceptors (Lipinski definition) is 3. The number of fused-ring (bicyclic) bond motifs is 1. The number of aryl methyl sites for hydroxylation is 1. The summed E-state index contributed by atoms with van der Waals surface area (Å²) in [7, 11) is 0. The molecule has 0 amide bonds. The molecule has 0 saturated carbocycles. The molecule has 0 spiro atoms. The predicted molar refractivity (Wildman–Crippen MR) is 109 cm³/mol. The van der Waals surface area contributed by atoms with E-state index in [-0.39, 0.29) is 12.5 Å². The first kappa shape index (κ1) is 18.9. The van der Waals surface area contributed by atoms with Crippen molar-refractivity contribution in [3.05, 3.63) is 71.7 Å². The van der Waals surface area contributed by atoms with Crippen LogP contribution in [0.1, 0.15) is 29.8 Å². The molecular weight excluding hydrogens is 338 g/mol. The van der Waals surface area contributed by atoms with E-state index in [4.69, 9.17) is 0 Å². The van der Waals surface area contributed by atoms with E-state index < -0.39 is 0 Å². The smallest absolute Gasteiger partial charge is 0.191 e. The average Bonchev–Trinajstić information content (AvgIpc) is 3.12. The Morgan fingerprint density at radius 1 is 1.15 bits per heavy atom. The van der Waals surface area contributed by atoms with Crippen LogP contribution in [0.4, 0.5) is 0 Å². The van der Waals surface area contributed by atoms with Crippen LogP contribution in [0.5, 0.6) is 0 Å². The summed E-state index contributed by atoms with van der Waals surface area (Å²) in [4.78, 5) is 9.27. The van der Waals surface area contributed by atoms with Gasteiger partial charge < -0.3 is 20.1 Å². The molecule has 6 heteroatoms. The van der Waals surface area contributed by atoms with Crippen molar-refractivity contribution in [1.29, 1.82) is 0 Å². The molecule has 0 aliphatic carbocycles. The number of imidazole rings is 1. The van der Waals surface area contributed by atoms with Gasteiger partial charge in [-0.25, -0.2) is 9.98 Å². The molecule has 0 aliphatic rings. The van der Waals surface area contributed by atoms with Crippen LogP contribution in [0.25, 0.3) is 5.65 Å². The summed E-state index contributed by atoms with van der Waals surface area (Å²) in [6.45, 7) is 6.05. The topological polar surface area (TPSA) is 74.0 Å². The van der Waals surface area contributed by atoms with Crippen LogP contribution in [-0.4, -0.2) is 40.1 Å². The van der Waals surface area contributed by atoms with Crippen molar-refractivity contribution in [1.82, 2.24) is 20.0 Å². The van der Waals surface area contributed by atoms with Crippen LogP contribution in [-0.2, 0) is 6.54 Å². The minimum Gasteiger partial charge on any atom is -0.396 e. The third kappa shape index (κ3) is 4.86. The van der Waals surface area contributed by atoms with Crippen LogP contribution in [0, 0.1) is 6.92 Å². The van der Waals surface area contributed by atoms with Crippen LogP contribution in [0.3, 0.4) is 0 Å². The highest BCUT2D eigenvalue weighted by Gasteiger charge is 2.11. The lowest BCUT2D eigenvalue weighted by Gasteiger charge is -2.18. The van der Waals surface area contributed by atoms with Gasteiger partial charge in [-0.05, 0) is 31.5 Å². The number of benzene rings is 1. The van der Waals surface area contributed by atoms with Crippen molar-refractivity contribution in [2.45, 2.75) is 26.3 Å². The Labute approximate surface area is 160 Å². The molecule has 3 aromatic rings. The molecule has 142 valence electrons. The summed E-state index contributed by atoms with van der Waals surface area (Å²) >= 11 is 0. The highest BCUT2D eigenvalue weighted by molar-refractivity contribution is 5.79. The second-order valence-electron chi connectivity index (χ2n) is 6.49. The minimum absolute atomic E-state index is 0.0212. The van der Waals surface area contributed by atoms with Gasteiger partial charge in [-0.3, -0.25) is 0 Å². The Bertz CT molecular complexity index is 888. The Morgan fingerprint density at radius 2 is 1.96 bits per heavy atom. The Balaban J connectivity index is 1.67. The monoisotopic (exact) mass is 365 g/mol. The number of nitrogens with one attached hydrogen (secondary N) is 2. The zero-order valence-electron chi connectivity index (χ0n) is 15.9. The van der Waals surface area contributed by atoms with Gasteiger partial charge in [-0.15, -0.1) is 0 Å². The Kier molecular flexibility index (Phi) is 6.44. The second kappa shape index (κ2) is 9.19. The molecule has 6 nitrogen and oxygen atoms in total. The van der Waals surface area contributed by atoms with Crippen LogP contribution in [0.2, 0.25) is 0 Å². The molecule has 3 rings (SSSR count). The van der Waals surface area contributed by atoms with Crippen LogP contribution < -0.4 is 10.6 Å². The Morgan fingerprint density at radius 3 is 2.67 bits per heavy atom. The Hall–Kier alpha value is -2.86. The number of pyridine rings is 1. The highest BCUT2D eigenvalue weighted by Crippen LogP contribution is 2.13. The van der Waals surface area contributed by atoms with E-state index in [1.807, 2.05) is 55.6 Å². The predicted octanol–water partition coefficient (Wildman–Crippen LogP) is 2.47. The summed E-state index contributed by atoms with van der Waals surface area (Å²) < 4.78 is 2.07. The highest BCUT2D eigenvalue weighted by atomic mass is 16.3. The molecule has 1 atom stereocenters. The first-order chi connectivity index (χ1) is 13.2. The van der Waals surface area contributed by atoms with Gasteiger partial charge in [0.05, 0.1) is 18.8 Å². The lowest BCUT2D eigenvalue weighted by atomic mass is 10.0. The van der Waals surface area contributed by atoms with E-state index in [1.165, 1.54) is 0 Å². The number of aliphatic hydroxyl groups excluding tert-OH is 1. The number of aromatic nitrogens is 2. The molecule has 2 heterocycles. The lowest BCUT2D eigenvalue weighted by molar-refractivity contribution is 0.265. The molecule has 1 unspecified atom stereocenters. The SMILES string of the molecule is CCNC(=NCc1cn2c(C)cccc2n1)NCC(CO)c1ccccc1. The van der Waals surface area contributed by atoms with Gasteiger partial charge in [0.15, 0.2) is 5.96 Å². The molecule has 27 heavy (non-hydrogen) atoms. The van der Waals surface area contributed by atoms with Crippen molar-refractivity contribution in [2.24, 2.45) is 4.99 Å². The summed E-state index contributed by atoms with van der Waals surface area (Å²) in [5, 5.41) is 16.3. The fraction of sp³-hybridized carbons (Fsp3) is 0.333. The maximum absolute atomic E-state index is 9.72. The fourth-order valence-electron chi connectivity index (χ4n) is 3.01. The molecule has 2 aromatic heterocycles. The van der Waals surface area contributed by atoms with Gasteiger partial charge in [-0.2, -0.15) is 0 Å². The van der Waals surface area contributed by atoms with Gasteiger partial charge in [-0.1, -0.05) is 36.4 Å². The van der Waals surface area contributed by atoms with Gasteiger partial charge >= 0.3 is 0 Å². The van der Waals surface area contributed by atoms with Crippen molar-refractivity contribution >= 4 is 11.6 Å². The van der Waals surface area contributed by atoms with Crippen molar-refractivity contribution in [2.75, 3.05) is 19.7 Å². The fourth-order valence-corrected chi connectivity index (χ4v) is 3.01. The zero-order valence-corrected chi connectivity index (χ0v) is 15.9. The molecule has 0 radical (unpaired) electrons. The first-order valence-electron chi connectivity index (χ1n) is 9.33. The quantitative estimate of drug-likeness (QED) is 0.444. The van der Waals surface area contributed by atoms with Gasteiger partial charge in [0.25, 0.3) is 0 Å². The van der Waals surface area contributed by atoms with Gasteiger partial charge in [0, 0.05) is 30.9 Å². The largest absolute Gasteiger partial charge is 0.396 e. The van der Waals surface area contributed by atoms with E-state index in [0.29, 0.717) is 13.1 Å². The van der Waals surface area contributed by atoms with Gasteiger partial charge in [0.1, 0.15) is 5.65 Å². The maximum Gasteiger partial charge on any atom is 0.191 e. The van der Waals surface area contributed by atoms with Crippen molar-refractivity contribution < 1.29 is 5.11 Å². The number of nitrogens with zero attached hydrogens (tertiary/aromatic N) is 3. The molecule has 0 saturated heterocycles. The lowest BCUT2D eigenvalue weighted by Crippen LogP contribution is -2.39. The second-order valence-corrected chi connectivity index (χ2v) is 6.49. The van der Waals surface area contributed by atoms with E-state index >= 15 is 0 Å². The number of aliphatic imine (C=N–C) groups is 1. The van der Waals surface area contributed by atoms with E-state index in [9.17, 15) is 5.11 Å². The zero-order chi connectivity index (χ0) is 19.1. The van der Waals surface area contributed by atoms with Crippen LogP contribution >= 0.6 is 0 Å². The minimum atomic E-state index is 0.0212. The molecule has 0 fully saturated rings. The third-order valence-electron chi connectivity index (χ3n) is 4.50. The number of aliphatic hydroxyl groups is 1. The molecule has 0 aliphatic heterocycles. The summed E-state index contributed by atoms with van der Waals surface area (Å²) in [5.74, 6) is 0.744. The molecule has 0 bridgehead atoms. The van der Waals surface area contributed by atoms with Crippen LogP contribution in [0.15, 0.2) is 59.7 Å². The molecule has 3 N–H and O–H groups in total. The number of guanidine groups is 1. The molecule has 1 aromatic carbocycles. The average molecular weight is 365 g/mol.